The van der Waals surface area contributed by atoms with Crippen molar-refractivity contribution in [3.63, 3.8) is 0 Å². The molecule has 0 bridgehead atoms. The molecular formula is C120H83Br4Cl3N6S3Si3. The van der Waals surface area contributed by atoms with Gasteiger partial charge in [0.25, 0.3) is 0 Å². The van der Waals surface area contributed by atoms with Gasteiger partial charge in [0, 0.05) is 106 Å². The van der Waals surface area contributed by atoms with Gasteiger partial charge in [0.1, 0.15) is 0 Å². The highest BCUT2D eigenvalue weighted by molar-refractivity contribution is 9.11. The molecule has 0 N–H and O–H groups in total. The minimum Gasteiger partial charge on any atom is -0.208 e. The van der Waals surface area contributed by atoms with E-state index in [-0.39, 0.29) is 5.28 Å². The Bertz CT molecular complexity index is 8060. The molecule has 24 aromatic rings. The second kappa shape index (κ2) is 44.6. The average Bonchev–Trinajstić information content (AvgIpc) is 1.66. The molecule has 672 valence electrons. The first-order valence-electron chi connectivity index (χ1n) is 45.0. The third kappa shape index (κ3) is 21.6. The number of aromatic nitrogens is 6. The Kier molecular flexibility index (Phi) is 30.6. The molecule has 0 radical (unpaired) electrons. The summed E-state index contributed by atoms with van der Waals surface area (Å²) in [5.74, 6) is 3.13. The number of halogens is 7. The fourth-order valence-electron chi connectivity index (χ4n) is 17.6. The van der Waals surface area contributed by atoms with Gasteiger partial charge in [-0.25, -0.2) is 19.9 Å². The lowest BCUT2D eigenvalue weighted by Gasteiger charge is -2.34. The average molecular weight is 2220 g/mol. The molecule has 0 aliphatic carbocycles. The molecule has 5 aromatic heterocycles. The van der Waals surface area contributed by atoms with Crippen molar-refractivity contribution in [3.8, 4) is 56.9 Å². The van der Waals surface area contributed by atoms with Gasteiger partial charge in [-0.05, 0) is 142 Å². The van der Waals surface area contributed by atoms with E-state index in [0.29, 0.717) is 29.1 Å². The standard InChI is InChI=1S/C45H31N3SSi.C30H21BrSSi.C15H10ClN3.C12H7BrS.C12H10Cl2Si.C6H4Br2/c1-5-16-32(17-6-1)43-46-44(33-18-7-2-8-19-33)48-45(47-43)34-20-15-25-37(30-34)50(35-21-9-3-10-22-35,36-23-11-4-12-24-36)38-28-29-42-40(31-38)39-26-13-14-27-41(39)49-42;31-22-10-9-15-25(20-22)33(23-11-3-1-4-12-23,24-13-5-2-6-14-24)26-18-19-30-28(21-26)27-16-7-8-17-29(27)32-30;16-15-18-13(11-7-3-1-4-8-11)17-14(19-15)12-9-5-2-6-10-12;13-8-5-6-12-10(7-8)9-3-1-2-4-11(9)14-12;13-15(14,11-7-3-1-4-8-11)12-9-5-2-6-10-12;7-5-2-1-3-6(8)4-5/h1-31H;1-21H;1-10H;1-7H;1-10H;1-4H. The molecular weight excluding hydrogens is 2130 g/mol. The zero-order valence-corrected chi connectivity index (χ0v) is 88.5. The van der Waals surface area contributed by atoms with Gasteiger partial charge in [-0.15, -0.1) is 56.2 Å². The number of rotatable bonds is 15. The van der Waals surface area contributed by atoms with Crippen molar-refractivity contribution in [2.24, 2.45) is 0 Å². The molecule has 0 unspecified atom stereocenters. The molecule has 0 atom stereocenters. The van der Waals surface area contributed by atoms with Crippen LogP contribution in [0.1, 0.15) is 0 Å². The summed E-state index contributed by atoms with van der Waals surface area (Å²) < 4.78 is 12.5. The summed E-state index contributed by atoms with van der Waals surface area (Å²) >= 11 is 38.5. The third-order valence-corrected chi connectivity index (χ3v) is 43.9. The molecule has 0 aliphatic rings. The number of hydrogen-bond acceptors (Lipinski definition) is 9. The quantitative estimate of drug-likeness (QED) is 0.0578. The highest BCUT2D eigenvalue weighted by Crippen LogP contribution is 2.38. The van der Waals surface area contributed by atoms with Crippen LogP contribution in [0.15, 0.2) is 521 Å². The molecule has 6 nitrogen and oxygen atoms in total. The van der Waals surface area contributed by atoms with Gasteiger partial charge in [0.2, 0.25) is 5.28 Å². The van der Waals surface area contributed by atoms with E-state index in [1.54, 1.807) is 0 Å². The molecule has 19 heteroatoms. The zero-order chi connectivity index (χ0) is 94.9. The van der Waals surface area contributed by atoms with Crippen LogP contribution in [0.4, 0.5) is 0 Å². The maximum Gasteiger partial charge on any atom is 0.310 e. The van der Waals surface area contributed by atoms with Gasteiger partial charge >= 0.3 is 6.69 Å². The van der Waals surface area contributed by atoms with E-state index in [9.17, 15) is 0 Å². The Labute approximate surface area is 871 Å². The molecule has 139 heavy (non-hydrogen) atoms. The Balaban J connectivity index is 0.000000118. The maximum atomic E-state index is 6.49. The van der Waals surface area contributed by atoms with Crippen LogP contribution in [0.5, 0.6) is 0 Å². The topological polar surface area (TPSA) is 77.3 Å². The van der Waals surface area contributed by atoms with Crippen molar-refractivity contribution in [1.82, 2.24) is 29.9 Å². The number of benzene rings is 19. The van der Waals surface area contributed by atoms with E-state index in [0.717, 1.165) is 56.1 Å². The Morgan fingerprint density at radius 1 is 0.173 bits per heavy atom. The van der Waals surface area contributed by atoms with Crippen molar-refractivity contribution in [1.29, 1.82) is 0 Å². The molecule has 0 saturated heterocycles. The van der Waals surface area contributed by atoms with Gasteiger partial charge in [-0.2, -0.15) is 9.97 Å². The van der Waals surface area contributed by atoms with Gasteiger partial charge in [0.15, 0.2) is 45.3 Å². The molecule has 0 amide bonds. The van der Waals surface area contributed by atoms with E-state index in [1.165, 1.54) is 102 Å². The number of thiophene rings is 3. The largest absolute Gasteiger partial charge is 0.310 e. The molecule has 5 heterocycles. The normalized spacial score (nSPS) is 11.3. The monoisotopic (exact) mass is 2210 g/mol. The maximum absolute atomic E-state index is 6.49. The summed E-state index contributed by atoms with van der Waals surface area (Å²) in [5, 5.41) is 21.1. The first-order valence-corrected chi connectivity index (χ1v) is 59.0. The predicted molar refractivity (Wildman–Crippen MR) is 617 cm³/mol. The lowest BCUT2D eigenvalue weighted by Crippen LogP contribution is -2.74. The van der Waals surface area contributed by atoms with Crippen LogP contribution >= 0.6 is 131 Å². The van der Waals surface area contributed by atoms with Gasteiger partial charge in [0.05, 0.1) is 0 Å². The zero-order valence-electron chi connectivity index (χ0n) is 74.5. The van der Waals surface area contributed by atoms with Crippen LogP contribution in [0.3, 0.4) is 0 Å². The minimum absolute atomic E-state index is 0.202. The first-order chi connectivity index (χ1) is 68.2. The van der Waals surface area contributed by atoms with Crippen LogP contribution in [-0.4, -0.2) is 52.7 Å². The van der Waals surface area contributed by atoms with E-state index in [1.807, 2.05) is 216 Å². The smallest absolute Gasteiger partial charge is 0.208 e. The van der Waals surface area contributed by atoms with Gasteiger partial charge < -0.3 is 0 Å². The van der Waals surface area contributed by atoms with Crippen LogP contribution in [0.25, 0.3) is 117 Å². The number of nitrogens with zero attached hydrogens (tertiary/aromatic N) is 6. The minimum atomic E-state index is -2.86. The first kappa shape index (κ1) is 95.2. The molecule has 0 spiro atoms. The molecule has 24 rings (SSSR count). The summed E-state index contributed by atoms with van der Waals surface area (Å²) in [7, 11) is -5.40. The fraction of sp³-hybridized carbons (Fsp3) is 0. The van der Waals surface area contributed by atoms with Crippen molar-refractivity contribution in [2.45, 2.75) is 0 Å². The van der Waals surface area contributed by atoms with Crippen molar-refractivity contribution < 1.29 is 0 Å². The number of fused-ring (bicyclic) bond motifs is 9. The lowest BCUT2D eigenvalue weighted by atomic mass is 10.1. The van der Waals surface area contributed by atoms with Crippen molar-refractivity contribution >= 4 is 267 Å². The van der Waals surface area contributed by atoms with E-state index < -0.39 is 22.8 Å². The van der Waals surface area contributed by atoms with Gasteiger partial charge in [-0.1, -0.05) is 488 Å². The van der Waals surface area contributed by atoms with E-state index in [2.05, 4.69) is 400 Å². The van der Waals surface area contributed by atoms with Crippen molar-refractivity contribution in [2.75, 3.05) is 0 Å². The highest BCUT2D eigenvalue weighted by Gasteiger charge is 2.44. The van der Waals surface area contributed by atoms with Crippen LogP contribution < -0.4 is 51.9 Å². The molecule has 0 aliphatic heterocycles. The predicted octanol–water partition coefficient (Wildman–Crippen LogP) is 29.4. The van der Waals surface area contributed by atoms with Crippen LogP contribution in [0, 0.1) is 0 Å². The Hall–Kier alpha value is -12.7. The summed E-state index contributed by atoms with van der Waals surface area (Å²) in [6.45, 7) is -2.51. The summed E-state index contributed by atoms with van der Waals surface area (Å²) in [5.41, 5.74) is 4.72. The molecule has 19 aromatic carbocycles. The summed E-state index contributed by atoms with van der Waals surface area (Å²) in [4.78, 5) is 28.0. The Morgan fingerprint density at radius 3 is 0.734 bits per heavy atom. The molecule has 0 fully saturated rings. The number of hydrogen-bond donors (Lipinski definition) is 0. The van der Waals surface area contributed by atoms with Gasteiger partial charge in [-0.3, -0.25) is 0 Å². The Morgan fingerprint density at radius 2 is 0.403 bits per heavy atom. The third-order valence-electron chi connectivity index (χ3n) is 24.0. The van der Waals surface area contributed by atoms with Crippen LogP contribution in [-0.2, 0) is 0 Å². The second-order valence-corrected chi connectivity index (χ2v) is 53.8. The summed E-state index contributed by atoms with van der Waals surface area (Å²) in [6, 6.07) is 177. The SMILES string of the molecule is Brc1ccc2sc3ccccc3c2c1.Brc1cccc(Br)c1.Brc1cccc([Si](c2ccccc2)(c2ccccc2)c2ccc3sc4ccccc4c3c2)c1.Cl[Si](Cl)(c1ccccc1)c1ccccc1.Clc1nc(-c2ccccc2)nc(-c2ccccc2)n1.c1ccc(-c2nc(-c3ccccc3)nc(-c3cccc([Si](c4ccccc4)(c4ccccc4)c4ccc5sc6ccccc6c5c4)c3)n2)cc1. The highest BCUT2D eigenvalue weighted by atomic mass is 79.9. The summed E-state index contributed by atoms with van der Waals surface area (Å²) in [6.07, 6.45) is 0. The van der Waals surface area contributed by atoms with Crippen LogP contribution in [0.2, 0.25) is 5.28 Å². The van der Waals surface area contributed by atoms with E-state index >= 15 is 0 Å². The lowest BCUT2D eigenvalue weighted by molar-refractivity contribution is 1.07. The second-order valence-electron chi connectivity index (χ2n) is 32.7. The fourth-order valence-corrected chi connectivity index (χ4v) is 35.8. The van der Waals surface area contributed by atoms with E-state index in [4.69, 9.17) is 48.7 Å². The van der Waals surface area contributed by atoms with Crippen molar-refractivity contribution in [3.05, 3.63) is 527 Å². The molecule has 0 saturated carbocycles.